The van der Waals surface area contributed by atoms with Gasteiger partial charge in [0.1, 0.15) is 28.4 Å². The lowest BCUT2D eigenvalue weighted by molar-refractivity contribution is -0.115. The van der Waals surface area contributed by atoms with Gasteiger partial charge in [0.2, 0.25) is 5.91 Å². The average Bonchev–Trinajstić information content (AvgIpc) is 2.46. The fourth-order valence-corrected chi connectivity index (χ4v) is 2.66. The minimum Gasteiger partial charge on any atom is -0.320 e. The highest BCUT2D eigenvalue weighted by molar-refractivity contribution is 6.33. The highest BCUT2D eigenvalue weighted by Crippen LogP contribution is 2.33. The zero-order chi connectivity index (χ0) is 15.9. The summed E-state index contributed by atoms with van der Waals surface area (Å²) in [7, 11) is 0. The van der Waals surface area contributed by atoms with Gasteiger partial charge in [-0.2, -0.15) is 0 Å². The standard InChI is InChI=1S/C14H8Cl2FN3O2/c15-10-4-7(5-11(16)18-10)14(22)20-6-12(21)19-13-8(17)2-1-3-9(13)20/h1-5H,6H2,(H,19,21). The number of rotatable bonds is 1. The molecule has 0 atom stereocenters. The van der Waals surface area contributed by atoms with Gasteiger partial charge < -0.3 is 5.32 Å². The predicted octanol–water partition coefficient (Wildman–Crippen LogP) is 3.13. The van der Waals surface area contributed by atoms with Crippen molar-refractivity contribution in [2.24, 2.45) is 0 Å². The summed E-state index contributed by atoms with van der Waals surface area (Å²) in [4.78, 5) is 29.2. The lowest BCUT2D eigenvalue weighted by Crippen LogP contribution is -2.42. The maximum Gasteiger partial charge on any atom is 0.259 e. The van der Waals surface area contributed by atoms with Crippen molar-refractivity contribution in [2.45, 2.75) is 0 Å². The Morgan fingerprint density at radius 3 is 2.64 bits per heavy atom. The van der Waals surface area contributed by atoms with Gasteiger partial charge in [0.15, 0.2) is 0 Å². The van der Waals surface area contributed by atoms with Crippen LogP contribution in [-0.4, -0.2) is 23.3 Å². The minimum absolute atomic E-state index is 0.0293. The quantitative estimate of drug-likeness (QED) is 0.812. The first-order valence-electron chi connectivity index (χ1n) is 6.19. The number of nitrogens with one attached hydrogen (secondary N) is 1. The molecule has 5 nitrogen and oxygen atoms in total. The van der Waals surface area contributed by atoms with Gasteiger partial charge in [0.05, 0.1) is 5.69 Å². The number of hydrogen-bond acceptors (Lipinski definition) is 3. The molecule has 0 aliphatic carbocycles. The maximum atomic E-state index is 13.8. The van der Waals surface area contributed by atoms with Crippen LogP contribution in [0, 0.1) is 5.82 Å². The van der Waals surface area contributed by atoms with E-state index in [4.69, 9.17) is 23.2 Å². The predicted molar refractivity (Wildman–Crippen MR) is 81.0 cm³/mol. The van der Waals surface area contributed by atoms with E-state index in [0.717, 1.165) is 0 Å². The van der Waals surface area contributed by atoms with E-state index >= 15 is 0 Å². The Bertz CT molecular complexity index is 777. The molecule has 1 N–H and O–H groups in total. The molecule has 2 amide bonds. The van der Waals surface area contributed by atoms with Crippen LogP contribution in [0.3, 0.4) is 0 Å². The van der Waals surface area contributed by atoms with Crippen LogP contribution in [0.5, 0.6) is 0 Å². The minimum atomic E-state index is -0.617. The molecule has 0 fully saturated rings. The molecular formula is C14H8Cl2FN3O2. The average molecular weight is 340 g/mol. The summed E-state index contributed by atoms with van der Waals surface area (Å²) in [6, 6.07) is 6.87. The lowest BCUT2D eigenvalue weighted by atomic mass is 10.1. The Morgan fingerprint density at radius 2 is 1.95 bits per heavy atom. The highest BCUT2D eigenvalue weighted by Gasteiger charge is 2.29. The van der Waals surface area contributed by atoms with Crippen LogP contribution >= 0.6 is 23.2 Å². The smallest absolute Gasteiger partial charge is 0.259 e. The van der Waals surface area contributed by atoms with Gasteiger partial charge in [-0.1, -0.05) is 29.3 Å². The van der Waals surface area contributed by atoms with Crippen LogP contribution in [0.2, 0.25) is 10.3 Å². The van der Waals surface area contributed by atoms with Gasteiger partial charge in [-0.15, -0.1) is 0 Å². The first kappa shape index (κ1) is 14.7. The highest BCUT2D eigenvalue weighted by atomic mass is 35.5. The van der Waals surface area contributed by atoms with E-state index in [2.05, 4.69) is 10.3 Å². The van der Waals surface area contributed by atoms with Crippen LogP contribution in [0.15, 0.2) is 30.3 Å². The number of fused-ring (bicyclic) bond motifs is 1. The second-order valence-corrected chi connectivity index (χ2v) is 5.35. The third kappa shape index (κ3) is 2.63. The molecule has 0 spiro atoms. The monoisotopic (exact) mass is 339 g/mol. The Hall–Kier alpha value is -2.18. The van der Waals surface area contributed by atoms with Crippen molar-refractivity contribution < 1.29 is 14.0 Å². The first-order chi connectivity index (χ1) is 10.5. The molecule has 0 unspecified atom stereocenters. The van der Waals surface area contributed by atoms with Crippen LogP contribution in [-0.2, 0) is 4.79 Å². The number of anilines is 2. The fourth-order valence-electron chi connectivity index (χ4n) is 2.19. The fraction of sp³-hybridized carbons (Fsp3) is 0.0714. The summed E-state index contributed by atoms with van der Waals surface area (Å²) in [6.45, 7) is -0.229. The van der Waals surface area contributed by atoms with Crippen molar-refractivity contribution in [3.05, 3.63) is 52.0 Å². The molecule has 0 saturated carbocycles. The Balaban J connectivity index is 2.07. The van der Waals surface area contributed by atoms with E-state index in [-0.39, 0.29) is 33.8 Å². The number of halogens is 3. The molecule has 0 bridgehead atoms. The summed E-state index contributed by atoms with van der Waals surface area (Å²) in [6.07, 6.45) is 0. The van der Waals surface area contributed by atoms with Crippen LogP contribution in [0.1, 0.15) is 10.4 Å². The summed E-state index contributed by atoms with van der Waals surface area (Å²) < 4.78 is 13.8. The molecular weight excluding hydrogens is 332 g/mol. The van der Waals surface area contributed by atoms with Crippen LogP contribution in [0.4, 0.5) is 15.8 Å². The molecule has 22 heavy (non-hydrogen) atoms. The molecule has 8 heteroatoms. The van der Waals surface area contributed by atoms with Gasteiger partial charge in [-0.25, -0.2) is 9.37 Å². The van der Waals surface area contributed by atoms with Crippen molar-refractivity contribution >= 4 is 46.4 Å². The second-order valence-electron chi connectivity index (χ2n) is 4.57. The van der Waals surface area contributed by atoms with Crippen molar-refractivity contribution in [1.82, 2.24) is 4.98 Å². The second kappa shape index (κ2) is 5.55. The van der Waals surface area contributed by atoms with Crippen LogP contribution < -0.4 is 10.2 Å². The number of carbonyl (C=O) groups excluding carboxylic acids is 2. The number of aromatic nitrogens is 1. The normalized spacial score (nSPS) is 13.6. The Kier molecular flexibility index (Phi) is 3.72. The summed E-state index contributed by atoms with van der Waals surface area (Å²) in [5, 5.41) is 2.52. The molecule has 0 saturated heterocycles. The van der Waals surface area contributed by atoms with E-state index in [1.165, 1.54) is 29.2 Å². The van der Waals surface area contributed by atoms with Gasteiger partial charge >= 0.3 is 0 Å². The zero-order valence-corrected chi connectivity index (χ0v) is 12.5. The van der Waals surface area contributed by atoms with E-state index < -0.39 is 17.6 Å². The molecule has 0 radical (unpaired) electrons. The zero-order valence-electron chi connectivity index (χ0n) is 10.9. The number of hydrogen-bond donors (Lipinski definition) is 1. The van der Waals surface area contributed by atoms with Crippen molar-refractivity contribution in [1.29, 1.82) is 0 Å². The molecule has 112 valence electrons. The third-order valence-corrected chi connectivity index (χ3v) is 3.49. The maximum absolute atomic E-state index is 13.8. The Morgan fingerprint density at radius 1 is 1.27 bits per heavy atom. The largest absolute Gasteiger partial charge is 0.320 e. The van der Waals surface area contributed by atoms with E-state index in [1.54, 1.807) is 6.07 Å². The summed E-state index contributed by atoms with van der Waals surface area (Å²) >= 11 is 11.6. The Labute approximate surface area is 134 Å². The first-order valence-corrected chi connectivity index (χ1v) is 6.94. The number of carbonyl (C=O) groups is 2. The SMILES string of the molecule is O=C1CN(C(=O)c2cc(Cl)nc(Cl)c2)c2cccc(F)c2N1. The lowest BCUT2D eigenvalue weighted by Gasteiger charge is -2.29. The van der Waals surface area contributed by atoms with E-state index in [9.17, 15) is 14.0 Å². The van der Waals surface area contributed by atoms with Gasteiger partial charge in [0.25, 0.3) is 5.91 Å². The number of pyridine rings is 1. The molecule has 1 aliphatic rings. The molecule has 2 heterocycles. The summed E-state index contributed by atoms with van der Waals surface area (Å²) in [5.41, 5.74) is 0.405. The molecule has 3 rings (SSSR count). The van der Waals surface area contributed by atoms with Gasteiger partial charge in [-0.3, -0.25) is 14.5 Å². The number of nitrogens with zero attached hydrogens (tertiary/aromatic N) is 2. The van der Waals surface area contributed by atoms with Crippen molar-refractivity contribution in [3.63, 3.8) is 0 Å². The molecule has 1 aromatic carbocycles. The van der Waals surface area contributed by atoms with Crippen molar-refractivity contribution in [3.8, 4) is 0 Å². The van der Waals surface area contributed by atoms with Crippen molar-refractivity contribution in [2.75, 3.05) is 16.8 Å². The van der Waals surface area contributed by atoms with E-state index in [0.29, 0.717) is 0 Å². The molecule has 2 aromatic rings. The number of para-hydroxylation sites is 1. The van der Waals surface area contributed by atoms with Gasteiger partial charge in [-0.05, 0) is 24.3 Å². The number of benzene rings is 1. The number of amides is 2. The van der Waals surface area contributed by atoms with Crippen LogP contribution in [0.25, 0.3) is 0 Å². The van der Waals surface area contributed by atoms with E-state index in [1.807, 2.05) is 0 Å². The molecule has 1 aliphatic heterocycles. The van der Waals surface area contributed by atoms with Gasteiger partial charge in [0, 0.05) is 5.56 Å². The third-order valence-electron chi connectivity index (χ3n) is 3.10. The molecule has 1 aromatic heterocycles. The topological polar surface area (TPSA) is 62.3 Å². The summed E-state index contributed by atoms with van der Waals surface area (Å²) in [5.74, 6) is -1.63.